The number of hydrogen-bond acceptors (Lipinski definition) is 5. The van der Waals surface area contributed by atoms with Crippen molar-refractivity contribution in [2.45, 2.75) is 59.4 Å². The summed E-state index contributed by atoms with van der Waals surface area (Å²) in [4.78, 5) is 13.4. The molecule has 1 aliphatic carbocycles. The van der Waals surface area contributed by atoms with Crippen LogP contribution in [-0.2, 0) is 0 Å². The fraction of sp³-hybridized carbons (Fsp3) is 0.500. The second-order valence-electron chi connectivity index (χ2n) is 6.55. The van der Waals surface area contributed by atoms with Crippen molar-refractivity contribution >= 4 is 17.6 Å². The molecule has 0 unspecified atom stereocenters. The first-order valence-electron chi connectivity index (χ1n) is 8.35. The van der Waals surface area contributed by atoms with E-state index in [9.17, 15) is 0 Å². The molecule has 1 fully saturated rings. The summed E-state index contributed by atoms with van der Waals surface area (Å²) in [6.07, 6.45) is 4.97. The number of nitrogens with zero attached hydrogens (tertiary/aromatic N) is 3. The Bertz CT molecular complexity index is 682. The van der Waals surface area contributed by atoms with Gasteiger partial charge >= 0.3 is 0 Å². The Kier molecular flexibility index (Phi) is 4.46. The van der Waals surface area contributed by atoms with Gasteiger partial charge in [-0.05, 0) is 51.7 Å². The number of benzene rings is 1. The molecule has 0 bridgehead atoms. The Labute approximate surface area is 138 Å². The van der Waals surface area contributed by atoms with Gasteiger partial charge in [0.05, 0.1) is 0 Å². The summed E-state index contributed by atoms with van der Waals surface area (Å²) in [5.41, 5.74) is 4.74. The molecule has 23 heavy (non-hydrogen) atoms. The summed E-state index contributed by atoms with van der Waals surface area (Å²) >= 11 is 0. The molecule has 0 radical (unpaired) electrons. The van der Waals surface area contributed by atoms with E-state index in [2.05, 4.69) is 58.5 Å². The number of rotatable bonds is 4. The van der Waals surface area contributed by atoms with Crippen LogP contribution in [0.3, 0.4) is 0 Å². The molecule has 0 saturated heterocycles. The summed E-state index contributed by atoms with van der Waals surface area (Å²) in [6, 6.07) is 4.83. The molecule has 5 heteroatoms. The van der Waals surface area contributed by atoms with Gasteiger partial charge in [-0.2, -0.15) is 15.0 Å². The Morgan fingerprint density at radius 3 is 2.13 bits per heavy atom. The molecule has 5 nitrogen and oxygen atoms in total. The van der Waals surface area contributed by atoms with Gasteiger partial charge in [0, 0.05) is 11.7 Å². The smallest absolute Gasteiger partial charge is 0.232 e. The van der Waals surface area contributed by atoms with Gasteiger partial charge in [-0.1, -0.05) is 30.5 Å². The van der Waals surface area contributed by atoms with Crippen LogP contribution in [0.1, 0.15) is 48.2 Å². The molecule has 122 valence electrons. The van der Waals surface area contributed by atoms with Crippen LogP contribution in [0.4, 0.5) is 17.6 Å². The average Bonchev–Trinajstić information content (AvgIpc) is 2.95. The standard InChI is InChI=1S/C18H25N5/c1-11-9-12(2)16(13(3)10-11)22-18-20-14(4)19-17(23-18)21-15-7-5-6-8-15/h9-10,15H,5-8H2,1-4H3,(H2,19,20,21,22,23). The molecule has 0 aliphatic heterocycles. The maximum absolute atomic E-state index is 4.55. The van der Waals surface area contributed by atoms with Gasteiger partial charge in [0.25, 0.3) is 0 Å². The Morgan fingerprint density at radius 1 is 0.870 bits per heavy atom. The van der Waals surface area contributed by atoms with E-state index in [-0.39, 0.29) is 0 Å². The van der Waals surface area contributed by atoms with E-state index in [0.29, 0.717) is 17.9 Å². The Morgan fingerprint density at radius 2 is 1.48 bits per heavy atom. The zero-order valence-electron chi connectivity index (χ0n) is 14.4. The number of aryl methyl sites for hydroxylation is 4. The van der Waals surface area contributed by atoms with Crippen molar-refractivity contribution in [3.05, 3.63) is 34.6 Å². The zero-order chi connectivity index (χ0) is 16.4. The van der Waals surface area contributed by atoms with Gasteiger partial charge in [-0.15, -0.1) is 0 Å². The van der Waals surface area contributed by atoms with E-state index < -0.39 is 0 Å². The minimum absolute atomic E-state index is 0.493. The highest BCUT2D eigenvalue weighted by atomic mass is 15.2. The van der Waals surface area contributed by atoms with E-state index in [4.69, 9.17) is 0 Å². The number of nitrogens with one attached hydrogen (secondary N) is 2. The van der Waals surface area contributed by atoms with Crippen LogP contribution < -0.4 is 10.6 Å². The quantitative estimate of drug-likeness (QED) is 0.886. The second-order valence-corrected chi connectivity index (χ2v) is 6.55. The van der Waals surface area contributed by atoms with Crippen molar-refractivity contribution in [2.75, 3.05) is 10.6 Å². The predicted octanol–water partition coefficient (Wildman–Crippen LogP) is 4.20. The maximum atomic E-state index is 4.55. The van der Waals surface area contributed by atoms with Crippen molar-refractivity contribution in [1.29, 1.82) is 0 Å². The lowest BCUT2D eigenvalue weighted by atomic mass is 10.1. The lowest BCUT2D eigenvalue weighted by Crippen LogP contribution is -2.18. The molecule has 0 amide bonds. The summed E-state index contributed by atoms with van der Waals surface area (Å²) in [5, 5.41) is 6.82. The molecule has 0 spiro atoms. The van der Waals surface area contributed by atoms with Crippen LogP contribution in [-0.4, -0.2) is 21.0 Å². The van der Waals surface area contributed by atoms with Gasteiger partial charge < -0.3 is 10.6 Å². The first-order chi connectivity index (χ1) is 11.0. The molecular formula is C18H25N5. The van der Waals surface area contributed by atoms with Gasteiger partial charge in [0.2, 0.25) is 11.9 Å². The van der Waals surface area contributed by atoms with E-state index in [1.165, 1.54) is 42.4 Å². The van der Waals surface area contributed by atoms with Crippen LogP contribution in [0.2, 0.25) is 0 Å². The number of hydrogen-bond donors (Lipinski definition) is 2. The van der Waals surface area contributed by atoms with Gasteiger partial charge in [0.15, 0.2) is 0 Å². The first-order valence-corrected chi connectivity index (χ1v) is 8.35. The maximum Gasteiger partial charge on any atom is 0.232 e. The van der Waals surface area contributed by atoms with E-state index >= 15 is 0 Å². The number of anilines is 3. The van der Waals surface area contributed by atoms with Crippen molar-refractivity contribution in [3.63, 3.8) is 0 Å². The van der Waals surface area contributed by atoms with E-state index in [0.717, 1.165) is 11.5 Å². The van der Waals surface area contributed by atoms with Crippen LogP contribution >= 0.6 is 0 Å². The zero-order valence-corrected chi connectivity index (χ0v) is 14.4. The minimum atomic E-state index is 0.493. The highest BCUT2D eigenvalue weighted by Gasteiger charge is 2.16. The van der Waals surface area contributed by atoms with Crippen LogP contribution in [0.5, 0.6) is 0 Å². The third-order valence-corrected chi connectivity index (χ3v) is 4.35. The molecule has 3 rings (SSSR count). The number of aromatic nitrogens is 3. The Hall–Kier alpha value is -2.17. The monoisotopic (exact) mass is 311 g/mol. The molecule has 1 aliphatic rings. The van der Waals surface area contributed by atoms with Crippen LogP contribution in [0.25, 0.3) is 0 Å². The molecule has 2 aromatic rings. The topological polar surface area (TPSA) is 62.7 Å². The fourth-order valence-electron chi connectivity index (χ4n) is 3.34. The lowest BCUT2D eigenvalue weighted by Gasteiger charge is -2.15. The van der Waals surface area contributed by atoms with Gasteiger partial charge in [0.1, 0.15) is 5.82 Å². The van der Waals surface area contributed by atoms with Crippen molar-refractivity contribution in [1.82, 2.24) is 15.0 Å². The van der Waals surface area contributed by atoms with Gasteiger partial charge in [-0.3, -0.25) is 0 Å². The van der Waals surface area contributed by atoms with E-state index in [1.807, 2.05) is 6.92 Å². The fourth-order valence-corrected chi connectivity index (χ4v) is 3.34. The van der Waals surface area contributed by atoms with Crippen molar-refractivity contribution in [3.8, 4) is 0 Å². The van der Waals surface area contributed by atoms with Gasteiger partial charge in [-0.25, -0.2) is 0 Å². The molecule has 1 aromatic carbocycles. The molecule has 1 saturated carbocycles. The highest BCUT2D eigenvalue weighted by molar-refractivity contribution is 5.64. The molecule has 0 atom stereocenters. The van der Waals surface area contributed by atoms with Crippen LogP contribution in [0, 0.1) is 27.7 Å². The molecule has 1 heterocycles. The predicted molar refractivity (Wildman–Crippen MR) is 94.4 cm³/mol. The highest BCUT2D eigenvalue weighted by Crippen LogP contribution is 2.25. The van der Waals surface area contributed by atoms with Crippen molar-refractivity contribution < 1.29 is 0 Å². The molecular weight excluding hydrogens is 286 g/mol. The average molecular weight is 311 g/mol. The first kappa shape index (κ1) is 15.7. The largest absolute Gasteiger partial charge is 0.351 e. The summed E-state index contributed by atoms with van der Waals surface area (Å²) in [6.45, 7) is 8.23. The Balaban J connectivity index is 1.84. The molecule has 2 N–H and O–H groups in total. The summed E-state index contributed by atoms with van der Waals surface area (Å²) in [7, 11) is 0. The summed E-state index contributed by atoms with van der Waals surface area (Å²) < 4.78 is 0. The minimum Gasteiger partial charge on any atom is -0.351 e. The third-order valence-electron chi connectivity index (χ3n) is 4.35. The lowest BCUT2D eigenvalue weighted by molar-refractivity contribution is 0.740. The third kappa shape index (κ3) is 3.78. The normalized spacial score (nSPS) is 15.0. The molecule has 1 aromatic heterocycles. The SMILES string of the molecule is Cc1cc(C)c(Nc2nc(C)nc(NC3CCCC3)n2)c(C)c1. The van der Waals surface area contributed by atoms with Crippen molar-refractivity contribution in [2.24, 2.45) is 0 Å². The summed E-state index contributed by atoms with van der Waals surface area (Å²) in [5.74, 6) is 2.01. The second kappa shape index (κ2) is 6.52. The van der Waals surface area contributed by atoms with E-state index in [1.54, 1.807) is 0 Å². The van der Waals surface area contributed by atoms with Crippen LogP contribution in [0.15, 0.2) is 12.1 Å².